The van der Waals surface area contributed by atoms with Crippen LogP contribution in [0.25, 0.3) is 11.2 Å². The van der Waals surface area contributed by atoms with Crippen molar-refractivity contribution in [2.24, 2.45) is 0 Å². The summed E-state index contributed by atoms with van der Waals surface area (Å²) in [6, 6.07) is 0. The average Bonchev–Trinajstić information content (AvgIpc) is 2.68. The Morgan fingerprint density at radius 2 is 2.24 bits per heavy atom. The molecule has 0 unspecified atom stereocenters. The van der Waals surface area contributed by atoms with E-state index in [1.807, 2.05) is 0 Å². The third-order valence-corrected chi connectivity index (χ3v) is 2.55. The molecular formula is C10H15N5O2. The second kappa shape index (κ2) is 4.96. The average molecular weight is 237 g/mol. The maximum absolute atomic E-state index is 11.5. The van der Waals surface area contributed by atoms with Crippen molar-refractivity contribution in [3.8, 4) is 0 Å². The van der Waals surface area contributed by atoms with Gasteiger partial charge < -0.3 is 15.4 Å². The van der Waals surface area contributed by atoms with Gasteiger partial charge in [0.2, 0.25) is 5.95 Å². The lowest BCUT2D eigenvalue weighted by Crippen LogP contribution is -2.12. The van der Waals surface area contributed by atoms with E-state index >= 15 is 0 Å². The molecule has 0 spiro atoms. The molecule has 0 atom stereocenters. The summed E-state index contributed by atoms with van der Waals surface area (Å²) >= 11 is 0. The number of aromatic amines is 1. The van der Waals surface area contributed by atoms with Crippen molar-refractivity contribution in [2.45, 2.75) is 25.8 Å². The predicted octanol–water partition coefficient (Wildman–Crippen LogP) is -0.136. The van der Waals surface area contributed by atoms with Gasteiger partial charge in [0.25, 0.3) is 5.56 Å². The number of aliphatic hydroxyl groups is 1. The normalized spacial score (nSPS) is 11.1. The number of hydrogen-bond acceptors (Lipinski definition) is 5. The van der Waals surface area contributed by atoms with E-state index in [9.17, 15) is 4.79 Å². The molecule has 4 N–H and O–H groups in total. The molecule has 0 aliphatic carbocycles. The van der Waals surface area contributed by atoms with Crippen molar-refractivity contribution >= 4 is 17.1 Å². The zero-order valence-corrected chi connectivity index (χ0v) is 9.39. The third-order valence-electron chi connectivity index (χ3n) is 2.55. The van der Waals surface area contributed by atoms with Crippen LogP contribution >= 0.6 is 0 Å². The summed E-state index contributed by atoms with van der Waals surface area (Å²) in [6.45, 7) is 0.919. The van der Waals surface area contributed by atoms with Crippen molar-refractivity contribution in [3.63, 3.8) is 0 Å². The number of nitrogens with two attached hydrogens (primary N) is 1. The number of anilines is 1. The molecule has 0 aromatic carbocycles. The van der Waals surface area contributed by atoms with Gasteiger partial charge in [0.05, 0.1) is 6.33 Å². The van der Waals surface area contributed by atoms with Crippen LogP contribution in [0.4, 0.5) is 5.95 Å². The SMILES string of the molecule is Nc1nc2c(ncn2CCCCCO)c(=O)[nH]1. The summed E-state index contributed by atoms with van der Waals surface area (Å²) < 4.78 is 1.80. The van der Waals surface area contributed by atoms with Gasteiger partial charge in [-0.3, -0.25) is 9.78 Å². The molecule has 2 aromatic rings. The van der Waals surface area contributed by atoms with Crippen LogP contribution in [0.3, 0.4) is 0 Å². The zero-order valence-electron chi connectivity index (χ0n) is 9.39. The van der Waals surface area contributed by atoms with Gasteiger partial charge in [-0.25, -0.2) is 4.98 Å². The maximum atomic E-state index is 11.5. The lowest BCUT2D eigenvalue weighted by Gasteiger charge is -2.02. The summed E-state index contributed by atoms with van der Waals surface area (Å²) in [5.41, 5.74) is 5.99. The number of H-pyrrole nitrogens is 1. The molecular weight excluding hydrogens is 222 g/mol. The van der Waals surface area contributed by atoms with Gasteiger partial charge in [0.15, 0.2) is 11.2 Å². The van der Waals surface area contributed by atoms with Gasteiger partial charge in [-0.1, -0.05) is 0 Å². The van der Waals surface area contributed by atoms with E-state index in [1.54, 1.807) is 10.9 Å². The largest absolute Gasteiger partial charge is 0.396 e. The molecule has 0 aliphatic heterocycles. The Bertz CT molecular complexity index is 559. The van der Waals surface area contributed by atoms with E-state index in [4.69, 9.17) is 10.8 Å². The number of nitrogens with one attached hydrogen (secondary N) is 1. The topological polar surface area (TPSA) is 110 Å². The molecule has 0 saturated carbocycles. The number of hydrogen-bond donors (Lipinski definition) is 3. The standard InChI is InChI=1S/C10H15N5O2/c11-10-13-8-7(9(17)14-10)12-6-15(8)4-2-1-3-5-16/h6,16H,1-5H2,(H3,11,13,14,17). The molecule has 0 fully saturated rings. The number of rotatable bonds is 5. The number of nitrogen functional groups attached to an aromatic ring is 1. The first-order valence-corrected chi connectivity index (χ1v) is 5.54. The maximum Gasteiger partial charge on any atom is 0.280 e. The number of aromatic nitrogens is 4. The molecule has 0 amide bonds. The minimum atomic E-state index is -0.318. The van der Waals surface area contributed by atoms with E-state index < -0.39 is 0 Å². The number of fused-ring (bicyclic) bond motifs is 1. The van der Waals surface area contributed by atoms with E-state index in [0.29, 0.717) is 17.7 Å². The highest BCUT2D eigenvalue weighted by Gasteiger charge is 2.08. The molecule has 0 bridgehead atoms. The van der Waals surface area contributed by atoms with Gasteiger partial charge >= 0.3 is 0 Å². The van der Waals surface area contributed by atoms with Crippen LogP contribution in [-0.4, -0.2) is 31.2 Å². The highest BCUT2D eigenvalue weighted by Crippen LogP contribution is 2.08. The van der Waals surface area contributed by atoms with E-state index in [-0.39, 0.29) is 18.1 Å². The number of nitrogens with zero attached hydrogens (tertiary/aromatic N) is 3. The fraction of sp³-hybridized carbons (Fsp3) is 0.500. The predicted molar refractivity (Wildman–Crippen MR) is 63.5 cm³/mol. The second-order valence-electron chi connectivity index (χ2n) is 3.85. The van der Waals surface area contributed by atoms with Crippen LogP contribution in [-0.2, 0) is 6.54 Å². The number of aliphatic hydroxyl groups excluding tert-OH is 1. The monoisotopic (exact) mass is 237 g/mol. The Balaban J connectivity index is 2.21. The summed E-state index contributed by atoms with van der Waals surface area (Å²) in [4.78, 5) is 22.0. The number of aryl methyl sites for hydroxylation is 1. The third kappa shape index (κ3) is 2.44. The number of unbranched alkanes of at least 4 members (excludes halogenated alkanes) is 2. The van der Waals surface area contributed by atoms with E-state index in [0.717, 1.165) is 19.3 Å². The fourth-order valence-electron chi connectivity index (χ4n) is 1.71. The Hall–Kier alpha value is -1.89. The lowest BCUT2D eigenvalue weighted by atomic mass is 10.2. The van der Waals surface area contributed by atoms with Gasteiger partial charge in [-0.05, 0) is 19.3 Å². The van der Waals surface area contributed by atoms with E-state index in [2.05, 4.69) is 15.0 Å². The molecule has 0 radical (unpaired) electrons. The van der Waals surface area contributed by atoms with Gasteiger partial charge in [-0.2, -0.15) is 4.98 Å². The van der Waals surface area contributed by atoms with Gasteiger partial charge in [0, 0.05) is 13.2 Å². The minimum Gasteiger partial charge on any atom is -0.396 e. The van der Waals surface area contributed by atoms with Gasteiger partial charge in [0.1, 0.15) is 0 Å². The summed E-state index contributed by atoms with van der Waals surface area (Å²) in [7, 11) is 0. The second-order valence-corrected chi connectivity index (χ2v) is 3.85. The van der Waals surface area contributed by atoms with Crippen molar-refractivity contribution in [3.05, 3.63) is 16.7 Å². The zero-order chi connectivity index (χ0) is 12.3. The number of imidazole rings is 1. The molecule has 0 saturated heterocycles. The minimum absolute atomic E-state index is 0.0969. The molecule has 2 aromatic heterocycles. The first kappa shape index (κ1) is 11.6. The quantitative estimate of drug-likeness (QED) is 0.627. The van der Waals surface area contributed by atoms with Gasteiger partial charge in [-0.15, -0.1) is 0 Å². The first-order chi connectivity index (χ1) is 8.22. The van der Waals surface area contributed by atoms with Crippen molar-refractivity contribution in [2.75, 3.05) is 12.3 Å². The Morgan fingerprint density at radius 1 is 1.41 bits per heavy atom. The Morgan fingerprint density at radius 3 is 3.00 bits per heavy atom. The molecule has 2 heterocycles. The molecule has 7 heteroatoms. The van der Waals surface area contributed by atoms with Crippen molar-refractivity contribution in [1.29, 1.82) is 0 Å². The summed E-state index contributed by atoms with van der Waals surface area (Å²) in [5, 5.41) is 8.67. The Kier molecular flexibility index (Phi) is 3.38. The highest BCUT2D eigenvalue weighted by molar-refractivity contribution is 5.70. The van der Waals surface area contributed by atoms with Crippen LogP contribution in [0.2, 0.25) is 0 Å². The van der Waals surface area contributed by atoms with Crippen LogP contribution < -0.4 is 11.3 Å². The smallest absolute Gasteiger partial charge is 0.280 e. The molecule has 17 heavy (non-hydrogen) atoms. The molecule has 7 nitrogen and oxygen atoms in total. The molecule has 0 aliphatic rings. The van der Waals surface area contributed by atoms with Crippen LogP contribution in [0.1, 0.15) is 19.3 Å². The van der Waals surface area contributed by atoms with E-state index in [1.165, 1.54) is 0 Å². The highest BCUT2D eigenvalue weighted by atomic mass is 16.2. The Labute approximate surface area is 97.3 Å². The first-order valence-electron chi connectivity index (χ1n) is 5.54. The van der Waals surface area contributed by atoms with Crippen LogP contribution in [0.5, 0.6) is 0 Å². The fourth-order valence-corrected chi connectivity index (χ4v) is 1.71. The van der Waals surface area contributed by atoms with Crippen molar-refractivity contribution < 1.29 is 5.11 Å². The molecule has 92 valence electrons. The summed E-state index contributed by atoms with van der Waals surface area (Å²) in [6.07, 6.45) is 4.20. The summed E-state index contributed by atoms with van der Waals surface area (Å²) in [5.74, 6) is 0.0969. The van der Waals surface area contributed by atoms with Crippen LogP contribution in [0, 0.1) is 0 Å². The lowest BCUT2D eigenvalue weighted by molar-refractivity contribution is 0.282. The molecule has 2 rings (SSSR count). The van der Waals surface area contributed by atoms with Crippen molar-refractivity contribution in [1.82, 2.24) is 19.5 Å². The van der Waals surface area contributed by atoms with Crippen LogP contribution in [0.15, 0.2) is 11.1 Å².